The summed E-state index contributed by atoms with van der Waals surface area (Å²) in [4.78, 5) is 20.1. The summed E-state index contributed by atoms with van der Waals surface area (Å²) in [6.45, 7) is 5.24. The van der Waals surface area contributed by atoms with Crippen molar-refractivity contribution >= 4 is 38.8 Å². The van der Waals surface area contributed by atoms with E-state index in [9.17, 15) is 4.79 Å². The number of carbonyl (C=O) groups excluding carboxylic acids is 1. The fraction of sp³-hybridized carbons (Fsp3) is 0.167. The number of imidazole rings is 1. The second-order valence-electron chi connectivity index (χ2n) is 7.03. The minimum absolute atomic E-state index is 0.326. The van der Waals surface area contributed by atoms with Crippen LogP contribution in [-0.4, -0.2) is 27.1 Å². The monoisotopic (exact) mass is 383 g/mol. The number of hydrogen-bond acceptors (Lipinski definition) is 3. The summed E-state index contributed by atoms with van der Waals surface area (Å²) in [5.74, 6) is 0.462. The summed E-state index contributed by atoms with van der Waals surface area (Å²) >= 11 is 0. The maximum absolute atomic E-state index is 12.0. The van der Waals surface area contributed by atoms with E-state index in [1.54, 1.807) is 19.1 Å². The first-order valence-electron chi connectivity index (χ1n) is 9.88. The maximum atomic E-state index is 12.0. The lowest BCUT2D eigenvalue weighted by molar-refractivity contribution is 0.0526. The van der Waals surface area contributed by atoms with Crippen LogP contribution in [0.2, 0.25) is 0 Å². The largest absolute Gasteiger partial charge is 0.462 e. The number of rotatable bonds is 4. The highest BCUT2D eigenvalue weighted by Crippen LogP contribution is 2.32. The summed E-state index contributed by atoms with van der Waals surface area (Å²) < 4.78 is 7.42. The van der Waals surface area contributed by atoms with Crippen molar-refractivity contribution in [3.8, 4) is 11.4 Å². The van der Waals surface area contributed by atoms with Gasteiger partial charge in [0, 0.05) is 33.9 Å². The molecule has 0 saturated heterocycles. The van der Waals surface area contributed by atoms with Crippen molar-refractivity contribution < 1.29 is 9.53 Å². The Labute approximate surface area is 167 Å². The molecule has 144 valence electrons. The van der Waals surface area contributed by atoms with Gasteiger partial charge in [-0.3, -0.25) is 0 Å². The predicted octanol–water partition coefficient (Wildman–Crippen LogP) is 5.53. The third kappa shape index (κ3) is 2.78. The fourth-order valence-corrected chi connectivity index (χ4v) is 4.03. The molecule has 0 aliphatic heterocycles. The topological polar surface area (TPSA) is 59.9 Å². The molecule has 5 rings (SSSR count). The van der Waals surface area contributed by atoms with Gasteiger partial charge in [0.1, 0.15) is 5.82 Å². The van der Waals surface area contributed by atoms with Crippen LogP contribution >= 0.6 is 0 Å². The van der Waals surface area contributed by atoms with Gasteiger partial charge in [0.25, 0.3) is 0 Å². The first-order valence-corrected chi connectivity index (χ1v) is 9.88. The third-order valence-electron chi connectivity index (χ3n) is 5.36. The molecule has 0 aliphatic carbocycles. The summed E-state index contributed by atoms with van der Waals surface area (Å²) in [5, 5.41) is 2.46. The van der Waals surface area contributed by atoms with E-state index in [1.165, 1.54) is 21.8 Å². The Balaban J connectivity index is 1.64. The number of aryl methyl sites for hydroxylation is 1. The molecule has 0 amide bonds. The molecule has 2 aromatic heterocycles. The van der Waals surface area contributed by atoms with Gasteiger partial charge < -0.3 is 14.3 Å². The first kappa shape index (κ1) is 17.5. The van der Waals surface area contributed by atoms with Crippen molar-refractivity contribution in [3.05, 3.63) is 66.2 Å². The number of nitrogens with zero attached hydrogens (tertiary/aromatic N) is 2. The number of para-hydroxylation sites is 1. The van der Waals surface area contributed by atoms with E-state index in [-0.39, 0.29) is 5.97 Å². The molecule has 29 heavy (non-hydrogen) atoms. The lowest BCUT2D eigenvalue weighted by atomic mass is 10.1. The van der Waals surface area contributed by atoms with Crippen LogP contribution < -0.4 is 0 Å². The van der Waals surface area contributed by atoms with Crippen molar-refractivity contribution in [1.82, 2.24) is 14.5 Å². The van der Waals surface area contributed by atoms with Gasteiger partial charge in [-0.25, -0.2) is 9.78 Å². The van der Waals surface area contributed by atoms with Crippen LogP contribution in [0.25, 0.3) is 44.2 Å². The van der Waals surface area contributed by atoms with Gasteiger partial charge in [0.05, 0.1) is 23.2 Å². The summed E-state index contributed by atoms with van der Waals surface area (Å²) in [7, 11) is 0. The molecule has 5 aromatic rings. The normalized spacial score (nSPS) is 11.5. The van der Waals surface area contributed by atoms with Gasteiger partial charge >= 0.3 is 5.97 Å². The summed E-state index contributed by atoms with van der Waals surface area (Å²) in [5.41, 5.74) is 5.64. The molecule has 5 nitrogen and oxygen atoms in total. The van der Waals surface area contributed by atoms with Crippen molar-refractivity contribution in [1.29, 1.82) is 0 Å². The molecular weight excluding hydrogens is 362 g/mol. The van der Waals surface area contributed by atoms with Crippen LogP contribution in [0.5, 0.6) is 0 Å². The smallest absolute Gasteiger partial charge is 0.338 e. The van der Waals surface area contributed by atoms with E-state index >= 15 is 0 Å². The van der Waals surface area contributed by atoms with E-state index in [0.29, 0.717) is 12.2 Å². The molecule has 3 aromatic carbocycles. The molecule has 0 aliphatic rings. The second-order valence-corrected chi connectivity index (χ2v) is 7.03. The Bertz CT molecular complexity index is 1380. The molecule has 0 bridgehead atoms. The summed E-state index contributed by atoms with van der Waals surface area (Å²) in [6, 6.07) is 20.3. The van der Waals surface area contributed by atoms with Gasteiger partial charge in [-0.05, 0) is 56.3 Å². The SMILES string of the molecule is CCOC(=O)c1ccc2[nH]c(-c3ccc4c(c3)c3ccccc3n4CC)nc2c1. The van der Waals surface area contributed by atoms with Crippen LogP contribution in [0.1, 0.15) is 24.2 Å². The number of fused-ring (bicyclic) bond motifs is 4. The van der Waals surface area contributed by atoms with Crippen LogP contribution in [0.4, 0.5) is 0 Å². The molecule has 0 saturated carbocycles. The van der Waals surface area contributed by atoms with Crippen molar-refractivity contribution in [2.24, 2.45) is 0 Å². The highest BCUT2D eigenvalue weighted by Gasteiger charge is 2.13. The molecule has 5 heteroatoms. The average molecular weight is 383 g/mol. The highest BCUT2D eigenvalue weighted by molar-refractivity contribution is 6.09. The zero-order valence-corrected chi connectivity index (χ0v) is 16.4. The number of carbonyl (C=O) groups is 1. The van der Waals surface area contributed by atoms with Crippen molar-refractivity contribution in [2.75, 3.05) is 6.61 Å². The van der Waals surface area contributed by atoms with Gasteiger partial charge in [-0.1, -0.05) is 18.2 Å². The van der Waals surface area contributed by atoms with E-state index in [4.69, 9.17) is 9.72 Å². The average Bonchev–Trinajstić information content (AvgIpc) is 3.31. The molecule has 0 fully saturated rings. The lowest BCUT2D eigenvalue weighted by Crippen LogP contribution is -2.04. The standard InChI is InChI=1S/C24H21N3O2/c1-3-27-21-8-6-5-7-17(21)18-13-15(10-12-22(18)27)23-25-19-11-9-16(14-20(19)26-23)24(28)29-4-2/h5-14H,3-4H2,1-2H3,(H,25,26). The van der Waals surface area contributed by atoms with E-state index in [2.05, 4.69) is 58.9 Å². The van der Waals surface area contributed by atoms with Crippen molar-refractivity contribution in [2.45, 2.75) is 20.4 Å². The Morgan fingerprint density at radius 1 is 1.00 bits per heavy atom. The number of H-pyrrole nitrogens is 1. The van der Waals surface area contributed by atoms with E-state index < -0.39 is 0 Å². The number of nitrogens with one attached hydrogen (secondary N) is 1. The quantitative estimate of drug-likeness (QED) is 0.415. The first-order chi connectivity index (χ1) is 14.2. The minimum atomic E-state index is -0.326. The number of aromatic nitrogens is 3. The predicted molar refractivity (Wildman–Crippen MR) is 116 cm³/mol. The Hall–Kier alpha value is -3.60. The van der Waals surface area contributed by atoms with Gasteiger partial charge in [-0.15, -0.1) is 0 Å². The Morgan fingerprint density at radius 3 is 2.66 bits per heavy atom. The second kappa shape index (κ2) is 6.78. The van der Waals surface area contributed by atoms with Crippen LogP contribution in [0.3, 0.4) is 0 Å². The number of aromatic amines is 1. The van der Waals surface area contributed by atoms with Crippen LogP contribution in [0.15, 0.2) is 60.7 Å². The van der Waals surface area contributed by atoms with Gasteiger partial charge in [-0.2, -0.15) is 0 Å². The van der Waals surface area contributed by atoms with Crippen LogP contribution in [0, 0.1) is 0 Å². The third-order valence-corrected chi connectivity index (χ3v) is 5.36. The van der Waals surface area contributed by atoms with E-state index in [1.807, 2.05) is 6.07 Å². The van der Waals surface area contributed by atoms with Gasteiger partial charge in [0.15, 0.2) is 0 Å². The highest BCUT2D eigenvalue weighted by atomic mass is 16.5. The molecule has 2 heterocycles. The molecular formula is C24H21N3O2. The molecule has 0 atom stereocenters. The zero-order valence-electron chi connectivity index (χ0n) is 16.4. The van der Waals surface area contributed by atoms with Crippen LogP contribution in [-0.2, 0) is 11.3 Å². The molecule has 0 radical (unpaired) electrons. The maximum Gasteiger partial charge on any atom is 0.338 e. The number of benzene rings is 3. The van der Waals surface area contributed by atoms with E-state index in [0.717, 1.165) is 29.0 Å². The Kier molecular flexibility index (Phi) is 4.09. The van der Waals surface area contributed by atoms with Crippen molar-refractivity contribution in [3.63, 3.8) is 0 Å². The number of ether oxygens (including phenoxy) is 1. The van der Waals surface area contributed by atoms with Gasteiger partial charge in [0.2, 0.25) is 0 Å². The summed E-state index contributed by atoms with van der Waals surface area (Å²) in [6.07, 6.45) is 0. The Morgan fingerprint density at radius 2 is 1.83 bits per heavy atom. The number of esters is 1. The molecule has 0 unspecified atom stereocenters. The zero-order chi connectivity index (χ0) is 20.0. The lowest BCUT2D eigenvalue weighted by Gasteiger charge is -2.03. The molecule has 0 spiro atoms. The molecule has 1 N–H and O–H groups in total. The minimum Gasteiger partial charge on any atom is -0.462 e. The number of hydrogen-bond donors (Lipinski definition) is 1. The fourth-order valence-electron chi connectivity index (χ4n) is 4.03.